The molecule has 0 radical (unpaired) electrons. The molecular formula is C17H26ClN3O5S. The number of nitrogens with two attached hydrogens (primary N) is 1. The summed E-state index contributed by atoms with van der Waals surface area (Å²) in [6.45, 7) is 1.19. The number of nitrogens with one attached hydrogen (secondary N) is 2. The van der Waals surface area contributed by atoms with E-state index in [1.54, 1.807) is 0 Å². The van der Waals surface area contributed by atoms with Gasteiger partial charge < -0.3 is 20.5 Å². The highest BCUT2D eigenvalue weighted by molar-refractivity contribution is 7.89. The van der Waals surface area contributed by atoms with Gasteiger partial charge in [0.15, 0.2) is 0 Å². The third-order valence-corrected chi connectivity index (χ3v) is 6.23. The number of rotatable bonds is 7. The van der Waals surface area contributed by atoms with E-state index in [0.29, 0.717) is 24.7 Å². The zero-order valence-corrected chi connectivity index (χ0v) is 16.8. The van der Waals surface area contributed by atoms with E-state index in [2.05, 4.69) is 10.0 Å². The summed E-state index contributed by atoms with van der Waals surface area (Å²) in [5.41, 5.74) is 6.38. The van der Waals surface area contributed by atoms with Gasteiger partial charge in [-0.15, -0.1) is 12.4 Å². The van der Waals surface area contributed by atoms with Gasteiger partial charge in [-0.2, -0.15) is 0 Å². The van der Waals surface area contributed by atoms with Gasteiger partial charge in [0.2, 0.25) is 15.9 Å². The molecule has 1 heterocycles. The van der Waals surface area contributed by atoms with Crippen molar-refractivity contribution in [1.82, 2.24) is 4.72 Å². The molecule has 1 aliphatic carbocycles. The van der Waals surface area contributed by atoms with Crippen LogP contribution in [0.2, 0.25) is 0 Å². The quantitative estimate of drug-likeness (QED) is 0.611. The monoisotopic (exact) mass is 419 g/mol. The molecule has 1 aromatic carbocycles. The molecule has 0 bridgehead atoms. The molecule has 10 heteroatoms. The lowest BCUT2D eigenvalue weighted by Gasteiger charge is -2.27. The highest BCUT2D eigenvalue weighted by atomic mass is 35.5. The Bertz CT molecular complexity index is 764. The predicted molar refractivity (Wildman–Crippen MR) is 104 cm³/mol. The van der Waals surface area contributed by atoms with Gasteiger partial charge in [-0.05, 0) is 49.8 Å². The largest absolute Gasteiger partial charge is 0.495 e. The Labute approximate surface area is 165 Å². The second-order valence-corrected chi connectivity index (χ2v) is 8.44. The number of benzene rings is 1. The van der Waals surface area contributed by atoms with Gasteiger partial charge in [-0.1, -0.05) is 0 Å². The molecule has 1 amide bonds. The van der Waals surface area contributed by atoms with Crippen molar-refractivity contribution in [2.75, 3.05) is 25.6 Å². The summed E-state index contributed by atoms with van der Waals surface area (Å²) in [5.74, 6) is 0.0565. The van der Waals surface area contributed by atoms with Crippen LogP contribution in [0.3, 0.4) is 0 Å². The first-order chi connectivity index (χ1) is 12.4. The van der Waals surface area contributed by atoms with E-state index >= 15 is 0 Å². The van der Waals surface area contributed by atoms with Crippen molar-refractivity contribution >= 4 is 34.0 Å². The van der Waals surface area contributed by atoms with Crippen LogP contribution in [0, 0.1) is 5.92 Å². The summed E-state index contributed by atoms with van der Waals surface area (Å²) in [6.07, 6.45) is 3.15. The van der Waals surface area contributed by atoms with E-state index in [1.807, 2.05) is 0 Å². The van der Waals surface area contributed by atoms with Crippen molar-refractivity contribution in [3.05, 3.63) is 18.2 Å². The van der Waals surface area contributed by atoms with E-state index in [-0.39, 0.29) is 35.2 Å². The topological polar surface area (TPSA) is 120 Å². The summed E-state index contributed by atoms with van der Waals surface area (Å²) >= 11 is 0. The van der Waals surface area contributed by atoms with Crippen molar-refractivity contribution in [3.63, 3.8) is 0 Å². The van der Waals surface area contributed by atoms with Crippen LogP contribution in [0.5, 0.6) is 5.75 Å². The van der Waals surface area contributed by atoms with Crippen LogP contribution < -0.4 is 20.5 Å². The van der Waals surface area contributed by atoms with E-state index in [1.165, 1.54) is 25.3 Å². The zero-order chi connectivity index (χ0) is 18.7. The van der Waals surface area contributed by atoms with Gasteiger partial charge >= 0.3 is 0 Å². The molecule has 2 fully saturated rings. The molecule has 1 aliphatic heterocycles. The summed E-state index contributed by atoms with van der Waals surface area (Å²) in [5, 5.41) is 2.72. The molecule has 0 spiro atoms. The Hall–Kier alpha value is -1.39. The van der Waals surface area contributed by atoms with Crippen molar-refractivity contribution in [2.24, 2.45) is 11.7 Å². The summed E-state index contributed by atoms with van der Waals surface area (Å²) in [7, 11) is -2.17. The van der Waals surface area contributed by atoms with Gasteiger partial charge in [-0.25, -0.2) is 13.1 Å². The predicted octanol–water partition coefficient (Wildman–Crippen LogP) is 1.25. The lowest BCUT2D eigenvalue weighted by Crippen LogP contribution is -2.44. The third-order valence-electron chi connectivity index (χ3n) is 4.71. The minimum atomic E-state index is -3.63. The lowest BCUT2D eigenvalue weighted by atomic mass is 9.92. The zero-order valence-electron chi connectivity index (χ0n) is 15.1. The molecule has 4 N–H and O–H groups in total. The molecule has 1 aromatic rings. The van der Waals surface area contributed by atoms with Crippen molar-refractivity contribution in [3.8, 4) is 5.75 Å². The Kier molecular flexibility index (Phi) is 7.47. The van der Waals surface area contributed by atoms with Crippen LogP contribution in [0.15, 0.2) is 23.1 Å². The average molecular weight is 420 g/mol. The number of sulfonamides is 1. The summed E-state index contributed by atoms with van der Waals surface area (Å²) in [4.78, 5) is 12.6. The van der Waals surface area contributed by atoms with Crippen LogP contribution in [-0.4, -0.2) is 46.7 Å². The Morgan fingerprint density at radius 3 is 2.52 bits per heavy atom. The molecule has 1 saturated carbocycles. The van der Waals surface area contributed by atoms with Gasteiger partial charge in [0.25, 0.3) is 0 Å². The normalized spacial score (nSPS) is 19.0. The van der Waals surface area contributed by atoms with Crippen molar-refractivity contribution in [1.29, 1.82) is 0 Å². The molecule has 1 unspecified atom stereocenters. The van der Waals surface area contributed by atoms with Gasteiger partial charge in [0.05, 0.1) is 23.7 Å². The number of hydrogen-bond donors (Lipinski definition) is 3. The number of carbonyl (C=O) groups excluding carboxylic acids is 1. The Morgan fingerprint density at radius 2 is 1.93 bits per heavy atom. The maximum absolute atomic E-state index is 12.5. The van der Waals surface area contributed by atoms with Crippen LogP contribution >= 0.6 is 12.4 Å². The fraction of sp³-hybridized carbons (Fsp3) is 0.588. The number of anilines is 1. The van der Waals surface area contributed by atoms with Crippen LogP contribution in [-0.2, 0) is 19.6 Å². The van der Waals surface area contributed by atoms with Gasteiger partial charge in [0, 0.05) is 19.3 Å². The molecular weight excluding hydrogens is 394 g/mol. The highest BCUT2D eigenvalue weighted by Gasteiger charge is 2.30. The van der Waals surface area contributed by atoms with E-state index < -0.39 is 16.1 Å². The molecule has 8 nitrogen and oxygen atoms in total. The first-order valence-corrected chi connectivity index (χ1v) is 10.2. The summed E-state index contributed by atoms with van der Waals surface area (Å²) in [6, 6.07) is 3.70. The summed E-state index contributed by atoms with van der Waals surface area (Å²) < 4.78 is 38.0. The fourth-order valence-electron chi connectivity index (χ4n) is 2.95. The van der Waals surface area contributed by atoms with Gasteiger partial charge in [-0.3, -0.25) is 4.79 Å². The first kappa shape index (κ1) is 21.9. The third kappa shape index (κ3) is 5.55. The van der Waals surface area contributed by atoms with Crippen molar-refractivity contribution < 1.29 is 22.7 Å². The fourth-order valence-corrected chi connectivity index (χ4v) is 4.28. The van der Waals surface area contributed by atoms with E-state index in [9.17, 15) is 13.2 Å². The number of methoxy groups -OCH3 is 1. The second kappa shape index (κ2) is 9.20. The number of carbonyl (C=O) groups is 1. The number of ether oxygens (including phenoxy) is 2. The van der Waals surface area contributed by atoms with Gasteiger partial charge in [0.1, 0.15) is 5.75 Å². The molecule has 2 aliphatic rings. The maximum atomic E-state index is 12.5. The Morgan fingerprint density at radius 1 is 1.26 bits per heavy atom. The molecule has 1 saturated heterocycles. The molecule has 27 heavy (non-hydrogen) atoms. The van der Waals surface area contributed by atoms with Crippen LogP contribution in [0.25, 0.3) is 0 Å². The standard InChI is InChI=1S/C17H25N3O5S.ClH/c1-24-15-5-4-13(26(22,23)20-12-2-3-12)10-14(15)19-17(21)16(18)11-6-8-25-9-7-11;/h4-5,10-12,16,20H,2-3,6-9,18H2,1H3,(H,19,21);1H. The average Bonchev–Trinajstić information content (AvgIpc) is 3.45. The van der Waals surface area contributed by atoms with E-state index in [4.69, 9.17) is 15.2 Å². The minimum absolute atomic E-state index is 0. The smallest absolute Gasteiger partial charge is 0.241 e. The number of hydrogen-bond acceptors (Lipinski definition) is 6. The highest BCUT2D eigenvalue weighted by Crippen LogP contribution is 2.30. The number of amides is 1. The van der Waals surface area contributed by atoms with Crippen molar-refractivity contribution in [2.45, 2.75) is 42.7 Å². The van der Waals surface area contributed by atoms with E-state index in [0.717, 1.165) is 25.7 Å². The minimum Gasteiger partial charge on any atom is -0.495 e. The lowest BCUT2D eigenvalue weighted by molar-refractivity contribution is -0.119. The van der Waals surface area contributed by atoms with Crippen LogP contribution in [0.1, 0.15) is 25.7 Å². The second-order valence-electron chi connectivity index (χ2n) is 6.72. The van der Waals surface area contributed by atoms with Crippen LogP contribution in [0.4, 0.5) is 5.69 Å². The molecule has 152 valence electrons. The molecule has 0 aromatic heterocycles. The molecule has 3 rings (SSSR count). The maximum Gasteiger partial charge on any atom is 0.241 e. The molecule has 1 atom stereocenters. The Balaban J connectivity index is 0.00000261. The first-order valence-electron chi connectivity index (χ1n) is 8.75. The SMILES string of the molecule is COc1ccc(S(=O)(=O)NC2CC2)cc1NC(=O)C(N)C1CCOCC1.Cl. The number of halogens is 1.